The van der Waals surface area contributed by atoms with E-state index in [-0.39, 0.29) is 12.0 Å². The fourth-order valence-corrected chi connectivity index (χ4v) is 3.74. The van der Waals surface area contributed by atoms with Gasteiger partial charge in [0.25, 0.3) is 5.91 Å². The molecule has 0 spiro atoms. The molecule has 2 aliphatic rings. The zero-order valence-corrected chi connectivity index (χ0v) is 16.2. The van der Waals surface area contributed by atoms with Crippen LogP contribution in [0.2, 0.25) is 0 Å². The number of ether oxygens (including phenoxy) is 1. The fourth-order valence-electron chi connectivity index (χ4n) is 3.74. The molecular formula is C22H28N4O2. The third-order valence-electron chi connectivity index (χ3n) is 5.37. The van der Waals surface area contributed by atoms with Crippen LogP contribution >= 0.6 is 0 Å². The molecule has 28 heavy (non-hydrogen) atoms. The highest BCUT2D eigenvalue weighted by molar-refractivity contribution is 5.94. The number of benzene rings is 1. The fraction of sp³-hybridized carbons (Fsp3) is 0.455. The number of carbonyl (C=O) groups is 1. The number of likely N-dealkylation sites (tertiary alicyclic amines) is 1. The number of carbonyl (C=O) groups excluding carboxylic acids is 1. The first-order chi connectivity index (χ1) is 13.8. The van der Waals surface area contributed by atoms with E-state index in [4.69, 9.17) is 4.74 Å². The number of hydrogen-bond acceptors (Lipinski definition) is 5. The van der Waals surface area contributed by atoms with Crippen LogP contribution < -0.4 is 10.6 Å². The van der Waals surface area contributed by atoms with Gasteiger partial charge in [0, 0.05) is 43.5 Å². The third-order valence-corrected chi connectivity index (χ3v) is 5.37. The molecule has 0 saturated carbocycles. The molecule has 0 bridgehead atoms. The second-order valence-corrected chi connectivity index (χ2v) is 7.52. The van der Waals surface area contributed by atoms with Crippen molar-refractivity contribution in [2.24, 2.45) is 0 Å². The van der Waals surface area contributed by atoms with Crippen molar-refractivity contribution in [1.29, 1.82) is 0 Å². The molecule has 2 fully saturated rings. The van der Waals surface area contributed by atoms with Gasteiger partial charge in [-0.1, -0.05) is 18.2 Å². The first-order valence-electron chi connectivity index (χ1n) is 10.2. The van der Waals surface area contributed by atoms with Gasteiger partial charge >= 0.3 is 0 Å². The average molecular weight is 380 g/mol. The van der Waals surface area contributed by atoms with Crippen LogP contribution in [0.25, 0.3) is 11.3 Å². The largest absolute Gasteiger partial charge is 0.374 e. The van der Waals surface area contributed by atoms with Crippen LogP contribution in [0.15, 0.2) is 42.6 Å². The van der Waals surface area contributed by atoms with Crippen molar-refractivity contribution in [2.45, 2.75) is 25.5 Å². The second kappa shape index (κ2) is 9.28. The Morgan fingerprint density at radius 2 is 2.00 bits per heavy atom. The summed E-state index contributed by atoms with van der Waals surface area (Å²) in [7, 11) is 0. The average Bonchev–Trinajstić information content (AvgIpc) is 3.26. The molecular weight excluding hydrogens is 352 g/mol. The minimum Gasteiger partial charge on any atom is -0.374 e. The lowest BCUT2D eigenvalue weighted by Gasteiger charge is -2.23. The SMILES string of the molecule is O=C(NC[C@@H]1CNCCO1)c1ccc(-c2ccc(CN3CCCC3)cn2)cc1. The summed E-state index contributed by atoms with van der Waals surface area (Å²) in [5.74, 6) is -0.0744. The summed E-state index contributed by atoms with van der Waals surface area (Å²) in [6.45, 7) is 6.22. The van der Waals surface area contributed by atoms with Crippen molar-refractivity contribution in [1.82, 2.24) is 20.5 Å². The normalized spacial score (nSPS) is 20.2. The van der Waals surface area contributed by atoms with E-state index in [1.165, 1.54) is 31.5 Å². The maximum absolute atomic E-state index is 12.3. The van der Waals surface area contributed by atoms with Crippen LogP contribution in [-0.4, -0.2) is 61.2 Å². The number of hydrogen-bond donors (Lipinski definition) is 2. The molecule has 0 aliphatic carbocycles. The van der Waals surface area contributed by atoms with E-state index in [1.807, 2.05) is 30.5 Å². The predicted octanol–water partition coefficient (Wildman–Crippen LogP) is 2.06. The Morgan fingerprint density at radius 3 is 2.68 bits per heavy atom. The first kappa shape index (κ1) is 19.1. The summed E-state index contributed by atoms with van der Waals surface area (Å²) < 4.78 is 5.60. The molecule has 1 aromatic carbocycles. The number of nitrogens with one attached hydrogen (secondary N) is 2. The molecule has 148 valence electrons. The number of amides is 1. The van der Waals surface area contributed by atoms with E-state index in [0.29, 0.717) is 18.7 Å². The van der Waals surface area contributed by atoms with Gasteiger partial charge in [-0.2, -0.15) is 0 Å². The number of rotatable bonds is 6. The summed E-state index contributed by atoms with van der Waals surface area (Å²) in [6, 6.07) is 11.8. The molecule has 2 aromatic rings. The van der Waals surface area contributed by atoms with Crippen LogP contribution in [0.3, 0.4) is 0 Å². The molecule has 1 aromatic heterocycles. The van der Waals surface area contributed by atoms with Gasteiger partial charge in [-0.3, -0.25) is 14.7 Å². The zero-order valence-electron chi connectivity index (χ0n) is 16.2. The Kier molecular flexibility index (Phi) is 6.31. The highest BCUT2D eigenvalue weighted by atomic mass is 16.5. The van der Waals surface area contributed by atoms with E-state index in [0.717, 1.165) is 30.9 Å². The van der Waals surface area contributed by atoms with Crippen LogP contribution in [0.1, 0.15) is 28.8 Å². The highest BCUT2D eigenvalue weighted by Crippen LogP contribution is 2.19. The second-order valence-electron chi connectivity index (χ2n) is 7.52. The molecule has 0 radical (unpaired) electrons. The van der Waals surface area contributed by atoms with Crippen molar-refractivity contribution in [3.63, 3.8) is 0 Å². The standard InChI is InChI=1S/C22H28N4O2/c27-22(25-15-20-14-23-9-12-28-20)19-6-4-18(5-7-19)21-8-3-17(13-24-21)16-26-10-1-2-11-26/h3-8,13,20,23H,1-2,9-12,14-16H2,(H,25,27)/t20-/m0/s1. The predicted molar refractivity (Wildman–Crippen MR) is 109 cm³/mol. The summed E-state index contributed by atoms with van der Waals surface area (Å²) in [5, 5.41) is 6.21. The molecule has 0 unspecified atom stereocenters. The summed E-state index contributed by atoms with van der Waals surface area (Å²) in [5.41, 5.74) is 3.85. The highest BCUT2D eigenvalue weighted by Gasteiger charge is 2.15. The third kappa shape index (κ3) is 4.95. The van der Waals surface area contributed by atoms with Crippen molar-refractivity contribution in [3.8, 4) is 11.3 Å². The lowest BCUT2D eigenvalue weighted by molar-refractivity contribution is 0.0287. The molecule has 4 rings (SSSR count). The zero-order chi connectivity index (χ0) is 19.2. The maximum atomic E-state index is 12.3. The van der Waals surface area contributed by atoms with E-state index in [2.05, 4.69) is 32.7 Å². The van der Waals surface area contributed by atoms with Gasteiger partial charge in [-0.15, -0.1) is 0 Å². The van der Waals surface area contributed by atoms with Gasteiger partial charge in [0.2, 0.25) is 0 Å². The Hall–Kier alpha value is -2.28. The molecule has 6 heteroatoms. The van der Waals surface area contributed by atoms with E-state index >= 15 is 0 Å². The Bertz CT molecular complexity index is 764. The molecule has 2 aliphatic heterocycles. The van der Waals surface area contributed by atoms with Crippen LogP contribution in [-0.2, 0) is 11.3 Å². The van der Waals surface area contributed by atoms with Crippen LogP contribution in [0.4, 0.5) is 0 Å². The minimum atomic E-state index is -0.0744. The monoisotopic (exact) mass is 380 g/mol. The topological polar surface area (TPSA) is 66.5 Å². The molecule has 6 nitrogen and oxygen atoms in total. The van der Waals surface area contributed by atoms with Crippen LogP contribution in [0, 0.1) is 0 Å². The Balaban J connectivity index is 1.32. The Labute approximate surface area is 166 Å². The number of morpholine rings is 1. The van der Waals surface area contributed by atoms with Gasteiger partial charge in [0.1, 0.15) is 0 Å². The van der Waals surface area contributed by atoms with E-state index < -0.39 is 0 Å². The van der Waals surface area contributed by atoms with Gasteiger partial charge < -0.3 is 15.4 Å². The van der Waals surface area contributed by atoms with Gasteiger partial charge in [0.05, 0.1) is 18.4 Å². The summed E-state index contributed by atoms with van der Waals surface area (Å²) >= 11 is 0. The molecule has 2 saturated heterocycles. The summed E-state index contributed by atoms with van der Waals surface area (Å²) in [6.07, 6.45) is 4.61. The van der Waals surface area contributed by atoms with Gasteiger partial charge in [0.15, 0.2) is 0 Å². The lowest BCUT2D eigenvalue weighted by atomic mass is 10.1. The number of aromatic nitrogens is 1. The lowest BCUT2D eigenvalue weighted by Crippen LogP contribution is -2.45. The van der Waals surface area contributed by atoms with Crippen molar-refractivity contribution < 1.29 is 9.53 Å². The first-order valence-corrected chi connectivity index (χ1v) is 10.2. The van der Waals surface area contributed by atoms with Crippen LogP contribution in [0.5, 0.6) is 0 Å². The Morgan fingerprint density at radius 1 is 1.18 bits per heavy atom. The van der Waals surface area contributed by atoms with Crippen molar-refractivity contribution >= 4 is 5.91 Å². The van der Waals surface area contributed by atoms with Crippen molar-refractivity contribution in [3.05, 3.63) is 53.7 Å². The van der Waals surface area contributed by atoms with Gasteiger partial charge in [-0.25, -0.2) is 0 Å². The summed E-state index contributed by atoms with van der Waals surface area (Å²) in [4.78, 5) is 19.4. The van der Waals surface area contributed by atoms with E-state index in [1.54, 1.807) is 0 Å². The molecule has 1 atom stereocenters. The number of nitrogens with zero attached hydrogens (tertiary/aromatic N) is 2. The molecule has 1 amide bonds. The van der Waals surface area contributed by atoms with E-state index in [9.17, 15) is 4.79 Å². The number of pyridine rings is 1. The molecule has 3 heterocycles. The smallest absolute Gasteiger partial charge is 0.251 e. The molecule has 2 N–H and O–H groups in total. The van der Waals surface area contributed by atoms with Crippen molar-refractivity contribution in [2.75, 3.05) is 39.3 Å². The maximum Gasteiger partial charge on any atom is 0.251 e. The minimum absolute atomic E-state index is 0.0419. The quantitative estimate of drug-likeness (QED) is 0.803. The van der Waals surface area contributed by atoms with Gasteiger partial charge in [-0.05, 0) is 49.7 Å².